The molecule has 0 saturated carbocycles. The first-order chi connectivity index (χ1) is 14.9. The Morgan fingerprint density at radius 2 is 1.87 bits per heavy atom. The summed E-state index contributed by atoms with van der Waals surface area (Å²) in [6.07, 6.45) is 1.47. The molecule has 2 heterocycles. The Balaban J connectivity index is 1.47. The number of hydrogen-bond acceptors (Lipinski definition) is 5. The Morgan fingerprint density at radius 3 is 2.65 bits per heavy atom. The summed E-state index contributed by atoms with van der Waals surface area (Å²) in [5, 5.41) is 0.987. The van der Waals surface area contributed by atoms with Crippen LogP contribution in [0.1, 0.15) is 22.8 Å². The van der Waals surface area contributed by atoms with Gasteiger partial charge in [-0.25, -0.2) is 9.97 Å². The van der Waals surface area contributed by atoms with E-state index in [0.717, 1.165) is 11.4 Å². The molecule has 1 aromatic heterocycles. The number of ether oxygens (including phenoxy) is 1. The maximum atomic E-state index is 13.0. The lowest BCUT2D eigenvalue weighted by Gasteiger charge is -2.40. The zero-order valence-corrected chi connectivity index (χ0v) is 18.8. The topological polar surface area (TPSA) is 58.6 Å². The standard InChI is InChI=1S/C23H22Cl2N4O2/c1-15-7-8-19(25)20(11-15)31-22-12-21(26-14-27-22)28-9-10-29(16(2)13-28)23(30)17-5-3-4-6-18(17)24/h3-8,11-12,14,16H,9-10,13H2,1-2H3/t16-/m1/s1. The minimum Gasteiger partial charge on any atom is -0.437 e. The number of carbonyl (C=O) groups is 1. The fourth-order valence-electron chi connectivity index (χ4n) is 3.62. The number of rotatable bonds is 4. The lowest BCUT2D eigenvalue weighted by molar-refractivity contribution is 0.0674. The first-order valence-electron chi connectivity index (χ1n) is 9.99. The molecule has 160 valence electrons. The van der Waals surface area contributed by atoms with Crippen LogP contribution >= 0.6 is 23.2 Å². The van der Waals surface area contributed by atoms with E-state index in [1.165, 1.54) is 6.33 Å². The highest BCUT2D eigenvalue weighted by Crippen LogP contribution is 2.30. The summed E-state index contributed by atoms with van der Waals surface area (Å²) in [5.74, 6) is 1.65. The Kier molecular flexibility index (Phi) is 6.30. The van der Waals surface area contributed by atoms with Crippen molar-refractivity contribution < 1.29 is 9.53 Å². The minimum absolute atomic E-state index is 0.0110. The third-order valence-electron chi connectivity index (χ3n) is 5.25. The molecule has 4 rings (SSSR count). The Labute approximate surface area is 191 Å². The second-order valence-electron chi connectivity index (χ2n) is 7.52. The zero-order valence-electron chi connectivity index (χ0n) is 17.3. The summed E-state index contributed by atoms with van der Waals surface area (Å²) in [7, 11) is 0. The van der Waals surface area contributed by atoms with Crippen LogP contribution in [0.2, 0.25) is 10.0 Å². The molecule has 0 N–H and O–H groups in total. The number of piperazine rings is 1. The van der Waals surface area contributed by atoms with Gasteiger partial charge < -0.3 is 14.5 Å². The van der Waals surface area contributed by atoms with E-state index in [-0.39, 0.29) is 11.9 Å². The third kappa shape index (κ3) is 4.75. The molecule has 0 spiro atoms. The van der Waals surface area contributed by atoms with Crippen molar-refractivity contribution in [3.05, 3.63) is 76.0 Å². The van der Waals surface area contributed by atoms with Crippen molar-refractivity contribution in [3.8, 4) is 11.6 Å². The smallest absolute Gasteiger partial charge is 0.255 e. The Morgan fingerprint density at radius 1 is 1.06 bits per heavy atom. The highest BCUT2D eigenvalue weighted by molar-refractivity contribution is 6.33. The summed E-state index contributed by atoms with van der Waals surface area (Å²) in [4.78, 5) is 25.5. The lowest BCUT2D eigenvalue weighted by Crippen LogP contribution is -2.54. The number of amides is 1. The van der Waals surface area contributed by atoms with Gasteiger partial charge in [0.2, 0.25) is 5.88 Å². The fraction of sp³-hybridized carbons (Fsp3) is 0.261. The van der Waals surface area contributed by atoms with Crippen LogP contribution in [-0.4, -0.2) is 46.5 Å². The van der Waals surface area contributed by atoms with E-state index >= 15 is 0 Å². The minimum atomic E-state index is -0.0569. The third-order valence-corrected chi connectivity index (χ3v) is 5.89. The van der Waals surface area contributed by atoms with Crippen molar-refractivity contribution in [1.82, 2.24) is 14.9 Å². The molecule has 1 atom stereocenters. The van der Waals surface area contributed by atoms with Crippen LogP contribution < -0.4 is 9.64 Å². The van der Waals surface area contributed by atoms with Crippen molar-refractivity contribution in [2.24, 2.45) is 0 Å². The van der Waals surface area contributed by atoms with Crippen molar-refractivity contribution in [1.29, 1.82) is 0 Å². The number of aromatic nitrogens is 2. The number of carbonyl (C=O) groups excluding carboxylic acids is 1. The zero-order chi connectivity index (χ0) is 22.0. The van der Waals surface area contributed by atoms with E-state index in [9.17, 15) is 4.79 Å². The van der Waals surface area contributed by atoms with Crippen LogP contribution in [-0.2, 0) is 0 Å². The van der Waals surface area contributed by atoms with Crippen molar-refractivity contribution in [3.63, 3.8) is 0 Å². The first-order valence-corrected chi connectivity index (χ1v) is 10.7. The van der Waals surface area contributed by atoms with Crippen LogP contribution in [0.4, 0.5) is 5.82 Å². The molecule has 31 heavy (non-hydrogen) atoms. The first kappa shape index (κ1) is 21.4. The lowest BCUT2D eigenvalue weighted by atomic mass is 10.1. The highest BCUT2D eigenvalue weighted by atomic mass is 35.5. The molecule has 1 amide bonds. The summed E-state index contributed by atoms with van der Waals surface area (Å²) in [6.45, 7) is 5.83. The molecule has 0 aliphatic carbocycles. The SMILES string of the molecule is Cc1ccc(Cl)c(Oc2cc(N3CCN(C(=O)c4ccccc4Cl)[C@H](C)C3)ncn2)c1. The van der Waals surface area contributed by atoms with Gasteiger partial charge in [-0.2, -0.15) is 0 Å². The average Bonchev–Trinajstić information content (AvgIpc) is 2.76. The number of halogens is 2. The van der Waals surface area contributed by atoms with Crippen LogP contribution in [0, 0.1) is 6.92 Å². The average molecular weight is 457 g/mol. The number of benzene rings is 2. The Bertz CT molecular complexity index is 1110. The van der Waals surface area contributed by atoms with Gasteiger partial charge in [0.05, 0.1) is 15.6 Å². The predicted octanol–water partition coefficient (Wildman–Crippen LogP) is 5.24. The summed E-state index contributed by atoms with van der Waals surface area (Å²) < 4.78 is 5.89. The van der Waals surface area contributed by atoms with Crippen molar-refractivity contribution in [2.75, 3.05) is 24.5 Å². The maximum Gasteiger partial charge on any atom is 0.255 e. The molecule has 1 saturated heterocycles. The van der Waals surface area contributed by atoms with Crippen LogP contribution in [0.3, 0.4) is 0 Å². The van der Waals surface area contributed by atoms with Gasteiger partial charge in [0.1, 0.15) is 17.9 Å². The van der Waals surface area contributed by atoms with Gasteiger partial charge >= 0.3 is 0 Å². The van der Waals surface area contributed by atoms with Crippen LogP contribution in [0.5, 0.6) is 11.6 Å². The van der Waals surface area contributed by atoms with E-state index in [1.54, 1.807) is 24.3 Å². The molecule has 1 aliphatic rings. The number of hydrogen-bond donors (Lipinski definition) is 0. The largest absolute Gasteiger partial charge is 0.437 e. The van der Waals surface area contributed by atoms with E-state index in [1.807, 2.05) is 43.0 Å². The normalized spacial score (nSPS) is 16.3. The second-order valence-corrected chi connectivity index (χ2v) is 8.34. The molecule has 0 radical (unpaired) electrons. The highest BCUT2D eigenvalue weighted by Gasteiger charge is 2.29. The molecule has 0 bridgehead atoms. The maximum absolute atomic E-state index is 13.0. The molecule has 1 fully saturated rings. The Hall–Kier alpha value is -2.83. The van der Waals surface area contributed by atoms with Gasteiger partial charge in [-0.05, 0) is 43.7 Å². The van der Waals surface area contributed by atoms with Crippen LogP contribution in [0.25, 0.3) is 0 Å². The number of nitrogens with zero attached hydrogens (tertiary/aromatic N) is 4. The van der Waals surface area contributed by atoms with Gasteiger partial charge in [0.25, 0.3) is 5.91 Å². The molecular weight excluding hydrogens is 435 g/mol. The van der Waals surface area contributed by atoms with E-state index in [2.05, 4.69) is 14.9 Å². The van der Waals surface area contributed by atoms with Crippen molar-refractivity contribution in [2.45, 2.75) is 19.9 Å². The summed E-state index contributed by atoms with van der Waals surface area (Å²) >= 11 is 12.5. The van der Waals surface area contributed by atoms with Gasteiger partial charge in [-0.15, -0.1) is 0 Å². The molecule has 2 aromatic carbocycles. The number of anilines is 1. The molecule has 6 nitrogen and oxygen atoms in total. The van der Waals surface area contributed by atoms with Gasteiger partial charge in [-0.3, -0.25) is 4.79 Å². The van der Waals surface area contributed by atoms with Crippen molar-refractivity contribution >= 4 is 34.9 Å². The van der Waals surface area contributed by atoms with Crippen LogP contribution in [0.15, 0.2) is 54.9 Å². The monoisotopic (exact) mass is 456 g/mol. The molecule has 0 unspecified atom stereocenters. The predicted molar refractivity (Wildman–Crippen MR) is 122 cm³/mol. The van der Waals surface area contributed by atoms with E-state index in [4.69, 9.17) is 27.9 Å². The quantitative estimate of drug-likeness (QED) is 0.537. The molecule has 3 aromatic rings. The van der Waals surface area contributed by atoms with Gasteiger partial charge in [-0.1, -0.05) is 41.4 Å². The molecule has 8 heteroatoms. The number of aryl methyl sites for hydroxylation is 1. The van der Waals surface area contributed by atoms with Gasteiger partial charge in [0.15, 0.2) is 0 Å². The van der Waals surface area contributed by atoms with E-state index in [0.29, 0.717) is 46.9 Å². The summed E-state index contributed by atoms with van der Waals surface area (Å²) in [6, 6.07) is 14.5. The summed E-state index contributed by atoms with van der Waals surface area (Å²) in [5.41, 5.74) is 1.57. The molecular formula is C23H22Cl2N4O2. The second kappa shape index (κ2) is 9.12. The fourth-order valence-corrected chi connectivity index (χ4v) is 3.99. The van der Waals surface area contributed by atoms with Gasteiger partial charge in [0, 0.05) is 31.7 Å². The van der Waals surface area contributed by atoms with E-state index < -0.39 is 0 Å². The molecule has 1 aliphatic heterocycles.